The topological polar surface area (TPSA) is 60.3 Å². The Morgan fingerprint density at radius 1 is 1.57 bits per heavy atom. The van der Waals surface area contributed by atoms with Gasteiger partial charge in [-0.05, 0) is 23.4 Å². The standard InChI is InChI=1S/C14H18N4O2S/c1-3-10-4-7-21-12(10)14(19)18-5-6-20-11(8-18)13-16-15-9-17(13)2/h4,7,9,11H,3,5-6,8H2,1-2H3/t11-/m1/s1. The van der Waals surface area contributed by atoms with Crippen LogP contribution in [0.4, 0.5) is 0 Å². The molecule has 112 valence electrons. The molecule has 1 aliphatic heterocycles. The minimum Gasteiger partial charge on any atom is -0.366 e. The molecule has 1 atom stereocenters. The van der Waals surface area contributed by atoms with Gasteiger partial charge in [-0.1, -0.05) is 6.92 Å². The first-order valence-electron chi connectivity index (χ1n) is 7.01. The molecule has 6 nitrogen and oxygen atoms in total. The summed E-state index contributed by atoms with van der Waals surface area (Å²) >= 11 is 1.51. The Bertz CT molecular complexity index is 636. The zero-order chi connectivity index (χ0) is 14.8. The van der Waals surface area contributed by atoms with Gasteiger partial charge in [0.2, 0.25) is 0 Å². The molecule has 3 rings (SSSR count). The summed E-state index contributed by atoms with van der Waals surface area (Å²) in [7, 11) is 1.88. The van der Waals surface area contributed by atoms with Crippen LogP contribution in [0.1, 0.15) is 34.1 Å². The highest BCUT2D eigenvalue weighted by Crippen LogP contribution is 2.24. The summed E-state index contributed by atoms with van der Waals surface area (Å²) in [6.07, 6.45) is 2.32. The molecule has 0 spiro atoms. The number of hydrogen-bond donors (Lipinski definition) is 0. The minimum absolute atomic E-state index is 0.0947. The first kappa shape index (κ1) is 14.2. The van der Waals surface area contributed by atoms with Crippen molar-refractivity contribution in [2.75, 3.05) is 19.7 Å². The Balaban J connectivity index is 1.77. The summed E-state index contributed by atoms with van der Waals surface area (Å²) in [5.74, 6) is 0.853. The Morgan fingerprint density at radius 2 is 2.43 bits per heavy atom. The zero-order valence-electron chi connectivity index (χ0n) is 12.2. The van der Waals surface area contributed by atoms with Crippen LogP contribution in [0.3, 0.4) is 0 Å². The number of carbonyl (C=O) groups excluding carboxylic acids is 1. The van der Waals surface area contributed by atoms with Crippen molar-refractivity contribution < 1.29 is 9.53 Å². The van der Waals surface area contributed by atoms with Crippen LogP contribution in [0, 0.1) is 0 Å². The summed E-state index contributed by atoms with van der Waals surface area (Å²) in [5.41, 5.74) is 1.12. The van der Waals surface area contributed by atoms with Crippen molar-refractivity contribution in [3.05, 3.63) is 34.0 Å². The Kier molecular flexibility index (Phi) is 4.03. The van der Waals surface area contributed by atoms with Gasteiger partial charge in [-0.25, -0.2) is 0 Å². The summed E-state index contributed by atoms with van der Waals surface area (Å²) in [6, 6.07) is 2.03. The summed E-state index contributed by atoms with van der Waals surface area (Å²) in [4.78, 5) is 15.4. The fourth-order valence-electron chi connectivity index (χ4n) is 2.52. The van der Waals surface area contributed by atoms with Crippen molar-refractivity contribution in [1.82, 2.24) is 19.7 Å². The second kappa shape index (κ2) is 5.95. The number of nitrogens with zero attached hydrogens (tertiary/aromatic N) is 4. The number of aryl methyl sites for hydroxylation is 2. The van der Waals surface area contributed by atoms with Crippen molar-refractivity contribution in [2.45, 2.75) is 19.4 Å². The number of carbonyl (C=O) groups is 1. The van der Waals surface area contributed by atoms with E-state index in [2.05, 4.69) is 17.1 Å². The van der Waals surface area contributed by atoms with Crippen LogP contribution >= 0.6 is 11.3 Å². The normalized spacial score (nSPS) is 19.0. The molecule has 0 bridgehead atoms. The number of morpholine rings is 1. The maximum atomic E-state index is 12.7. The van der Waals surface area contributed by atoms with Crippen molar-refractivity contribution in [3.63, 3.8) is 0 Å². The molecule has 0 N–H and O–H groups in total. The lowest BCUT2D eigenvalue weighted by Crippen LogP contribution is -2.42. The molecule has 0 aromatic carbocycles. The minimum atomic E-state index is -0.208. The molecule has 0 radical (unpaired) electrons. The van der Waals surface area contributed by atoms with E-state index >= 15 is 0 Å². The maximum absolute atomic E-state index is 12.7. The third-order valence-corrected chi connectivity index (χ3v) is 4.65. The van der Waals surface area contributed by atoms with Gasteiger partial charge in [0.05, 0.1) is 18.0 Å². The lowest BCUT2D eigenvalue weighted by molar-refractivity contribution is -0.0279. The van der Waals surface area contributed by atoms with Gasteiger partial charge >= 0.3 is 0 Å². The van der Waals surface area contributed by atoms with E-state index in [-0.39, 0.29) is 12.0 Å². The van der Waals surface area contributed by atoms with Crippen LogP contribution in [-0.2, 0) is 18.2 Å². The van der Waals surface area contributed by atoms with Crippen LogP contribution in [0.15, 0.2) is 17.8 Å². The van der Waals surface area contributed by atoms with Gasteiger partial charge in [0, 0.05) is 13.6 Å². The fraction of sp³-hybridized carbons (Fsp3) is 0.500. The lowest BCUT2D eigenvalue weighted by Gasteiger charge is -2.32. The molecule has 0 unspecified atom stereocenters. The molecule has 1 saturated heterocycles. The summed E-state index contributed by atoms with van der Waals surface area (Å²) in [5, 5.41) is 9.94. The van der Waals surface area contributed by atoms with Crippen molar-refractivity contribution in [3.8, 4) is 0 Å². The third kappa shape index (κ3) is 2.71. The summed E-state index contributed by atoms with van der Waals surface area (Å²) < 4.78 is 7.58. The quantitative estimate of drug-likeness (QED) is 0.865. The highest BCUT2D eigenvalue weighted by molar-refractivity contribution is 7.12. The monoisotopic (exact) mass is 306 g/mol. The third-order valence-electron chi connectivity index (χ3n) is 3.71. The van der Waals surface area contributed by atoms with Crippen molar-refractivity contribution >= 4 is 17.2 Å². The van der Waals surface area contributed by atoms with Gasteiger partial charge in [0.15, 0.2) is 5.82 Å². The Hall–Kier alpha value is -1.73. The first-order valence-corrected chi connectivity index (χ1v) is 7.89. The van der Waals surface area contributed by atoms with Gasteiger partial charge < -0.3 is 14.2 Å². The van der Waals surface area contributed by atoms with Gasteiger partial charge in [-0.3, -0.25) is 4.79 Å². The molecule has 2 aromatic rings. The molecular formula is C14H18N4O2S. The predicted octanol–water partition coefficient (Wildman–Crippen LogP) is 1.65. The second-order valence-electron chi connectivity index (χ2n) is 5.04. The number of hydrogen-bond acceptors (Lipinski definition) is 5. The summed E-state index contributed by atoms with van der Waals surface area (Å²) in [6.45, 7) is 3.73. The van der Waals surface area contributed by atoms with Crippen LogP contribution in [0.2, 0.25) is 0 Å². The average molecular weight is 306 g/mol. The molecule has 21 heavy (non-hydrogen) atoms. The van der Waals surface area contributed by atoms with Gasteiger partial charge in [-0.2, -0.15) is 0 Å². The van der Waals surface area contributed by atoms with Crippen LogP contribution in [0.5, 0.6) is 0 Å². The van der Waals surface area contributed by atoms with E-state index in [9.17, 15) is 4.79 Å². The van der Waals surface area contributed by atoms with Crippen molar-refractivity contribution in [2.24, 2.45) is 7.05 Å². The molecular weight excluding hydrogens is 288 g/mol. The predicted molar refractivity (Wildman–Crippen MR) is 79.3 cm³/mol. The highest BCUT2D eigenvalue weighted by Gasteiger charge is 2.29. The first-order chi connectivity index (χ1) is 10.2. The lowest BCUT2D eigenvalue weighted by atomic mass is 10.1. The number of thiophene rings is 1. The highest BCUT2D eigenvalue weighted by atomic mass is 32.1. The molecule has 7 heteroatoms. The van der Waals surface area contributed by atoms with Crippen LogP contribution in [-0.4, -0.2) is 45.3 Å². The molecule has 3 heterocycles. The molecule has 1 amide bonds. The van der Waals surface area contributed by atoms with Gasteiger partial charge in [0.1, 0.15) is 12.4 Å². The average Bonchev–Trinajstić information content (AvgIpc) is 3.15. The molecule has 0 aliphatic carbocycles. The van der Waals surface area contributed by atoms with Gasteiger partial charge in [-0.15, -0.1) is 21.5 Å². The number of rotatable bonds is 3. The van der Waals surface area contributed by atoms with E-state index in [1.54, 1.807) is 6.33 Å². The molecule has 2 aromatic heterocycles. The molecule has 1 fully saturated rings. The number of aromatic nitrogens is 3. The smallest absolute Gasteiger partial charge is 0.264 e. The van der Waals surface area contributed by atoms with E-state index in [4.69, 9.17) is 4.74 Å². The van der Waals surface area contributed by atoms with E-state index < -0.39 is 0 Å². The number of ether oxygens (including phenoxy) is 1. The largest absolute Gasteiger partial charge is 0.366 e. The van der Waals surface area contributed by atoms with Crippen LogP contribution < -0.4 is 0 Å². The van der Waals surface area contributed by atoms with Gasteiger partial charge in [0.25, 0.3) is 5.91 Å². The van der Waals surface area contributed by atoms with E-state index in [1.807, 2.05) is 28.0 Å². The SMILES string of the molecule is CCc1ccsc1C(=O)N1CCO[C@@H](c2nncn2C)C1. The molecule has 1 aliphatic rings. The zero-order valence-corrected chi connectivity index (χ0v) is 13.0. The number of amides is 1. The van der Waals surface area contributed by atoms with Crippen LogP contribution in [0.25, 0.3) is 0 Å². The van der Waals surface area contributed by atoms with E-state index in [0.717, 1.165) is 22.7 Å². The van der Waals surface area contributed by atoms with Crippen molar-refractivity contribution in [1.29, 1.82) is 0 Å². The van der Waals surface area contributed by atoms with E-state index in [0.29, 0.717) is 19.7 Å². The second-order valence-corrected chi connectivity index (χ2v) is 5.96. The molecule has 0 saturated carbocycles. The maximum Gasteiger partial charge on any atom is 0.264 e. The Morgan fingerprint density at radius 3 is 3.14 bits per heavy atom. The van der Waals surface area contributed by atoms with E-state index in [1.165, 1.54) is 11.3 Å². The Labute approximate surface area is 127 Å². The fourth-order valence-corrected chi connectivity index (χ4v) is 3.48.